The Balaban J connectivity index is 2.68. The van der Waals surface area contributed by atoms with Crippen LogP contribution in [0, 0.1) is 0 Å². The van der Waals surface area contributed by atoms with Crippen LogP contribution in [0.5, 0.6) is 0 Å². The van der Waals surface area contributed by atoms with E-state index >= 15 is 0 Å². The van der Waals surface area contributed by atoms with Crippen LogP contribution in [-0.4, -0.2) is 34.9 Å². The minimum Gasteiger partial charge on any atom is -0.308 e. The van der Waals surface area contributed by atoms with Crippen molar-refractivity contribution >= 4 is 10.8 Å². The first-order valence-electron chi connectivity index (χ1n) is 5.86. The molecule has 2 rings (SSSR count). The quantitative estimate of drug-likeness (QED) is 0.781. The van der Waals surface area contributed by atoms with Gasteiger partial charge in [-0.25, -0.2) is 4.68 Å². The van der Waals surface area contributed by atoms with Gasteiger partial charge in [0.1, 0.15) is 0 Å². The summed E-state index contributed by atoms with van der Waals surface area (Å²) < 4.78 is 2.89. The maximum absolute atomic E-state index is 12.3. The van der Waals surface area contributed by atoms with Gasteiger partial charge in [0, 0.05) is 13.6 Å². The molecule has 1 heterocycles. The zero-order valence-electron chi connectivity index (χ0n) is 10.9. The number of hydrogen-bond donors (Lipinski definition) is 0. The Kier molecular flexibility index (Phi) is 3.34. The van der Waals surface area contributed by atoms with Gasteiger partial charge < -0.3 is 4.90 Å². The van der Waals surface area contributed by atoms with Crippen molar-refractivity contribution < 1.29 is 0 Å². The smallest absolute Gasteiger partial charge is 0.273 e. The van der Waals surface area contributed by atoms with E-state index in [9.17, 15) is 9.59 Å². The van der Waals surface area contributed by atoms with Crippen LogP contribution >= 0.6 is 0 Å². The summed E-state index contributed by atoms with van der Waals surface area (Å²) in [4.78, 5) is 26.4. The van der Waals surface area contributed by atoms with Crippen LogP contribution in [0.25, 0.3) is 10.8 Å². The van der Waals surface area contributed by atoms with E-state index in [2.05, 4.69) is 0 Å². The predicted octanol–water partition coefficient (Wildman–Crippen LogP) is 0.262. The van der Waals surface area contributed by atoms with Gasteiger partial charge in [-0.2, -0.15) is 0 Å². The Hall–Kier alpha value is -1.88. The monoisotopic (exact) mass is 247 g/mol. The van der Waals surface area contributed by atoms with Gasteiger partial charge in [0.15, 0.2) is 0 Å². The molecule has 0 radical (unpaired) electrons. The molecule has 0 saturated carbocycles. The van der Waals surface area contributed by atoms with Gasteiger partial charge in [-0.3, -0.25) is 14.3 Å². The summed E-state index contributed by atoms with van der Waals surface area (Å²) in [5, 5.41) is 0.963. The molecule has 96 valence electrons. The lowest BCUT2D eigenvalue weighted by atomic mass is 10.2. The lowest BCUT2D eigenvalue weighted by molar-refractivity contribution is 0.346. The zero-order valence-corrected chi connectivity index (χ0v) is 10.9. The first kappa shape index (κ1) is 12.6. The minimum atomic E-state index is -0.135. The summed E-state index contributed by atoms with van der Waals surface area (Å²) in [6, 6.07) is 6.94. The number of hydrogen-bond acceptors (Lipinski definition) is 3. The fraction of sp³-hybridized carbons (Fsp3) is 0.385. The normalized spacial score (nSPS) is 11.3. The van der Waals surface area contributed by atoms with Gasteiger partial charge in [-0.15, -0.1) is 0 Å². The Morgan fingerprint density at radius 2 is 1.61 bits per heavy atom. The first-order chi connectivity index (χ1) is 8.52. The average Bonchev–Trinajstić information content (AvgIpc) is 2.36. The molecule has 0 aliphatic rings. The molecular formula is C13H17N3O2. The van der Waals surface area contributed by atoms with Crippen molar-refractivity contribution in [1.29, 1.82) is 0 Å². The van der Waals surface area contributed by atoms with Crippen molar-refractivity contribution in [1.82, 2.24) is 14.3 Å². The van der Waals surface area contributed by atoms with Crippen LogP contribution < -0.4 is 11.1 Å². The van der Waals surface area contributed by atoms with E-state index in [1.165, 1.54) is 9.36 Å². The third-order valence-electron chi connectivity index (χ3n) is 3.04. The number of fused-ring (bicyclic) bond motifs is 1. The topological polar surface area (TPSA) is 47.2 Å². The van der Waals surface area contributed by atoms with Gasteiger partial charge in [-0.1, -0.05) is 12.1 Å². The molecule has 0 aliphatic heterocycles. The first-order valence-corrected chi connectivity index (χ1v) is 5.86. The van der Waals surface area contributed by atoms with Crippen LogP contribution in [0.15, 0.2) is 33.9 Å². The summed E-state index contributed by atoms with van der Waals surface area (Å²) in [7, 11) is 5.50. The van der Waals surface area contributed by atoms with Crippen LogP contribution in [0.2, 0.25) is 0 Å². The molecule has 0 fully saturated rings. The molecule has 0 saturated heterocycles. The van der Waals surface area contributed by atoms with Crippen LogP contribution in [0.3, 0.4) is 0 Å². The minimum absolute atomic E-state index is 0.116. The number of benzene rings is 1. The molecule has 18 heavy (non-hydrogen) atoms. The molecule has 0 N–H and O–H groups in total. The van der Waals surface area contributed by atoms with Crippen molar-refractivity contribution in [2.45, 2.75) is 6.54 Å². The second-order valence-corrected chi connectivity index (χ2v) is 4.61. The van der Waals surface area contributed by atoms with E-state index in [0.717, 1.165) is 0 Å². The average molecular weight is 247 g/mol. The molecule has 1 aromatic carbocycles. The third kappa shape index (κ3) is 2.09. The second kappa shape index (κ2) is 4.78. The fourth-order valence-electron chi connectivity index (χ4n) is 1.96. The van der Waals surface area contributed by atoms with Crippen molar-refractivity contribution in [3.8, 4) is 0 Å². The van der Waals surface area contributed by atoms with Crippen molar-refractivity contribution in [3.05, 3.63) is 45.0 Å². The van der Waals surface area contributed by atoms with E-state index in [1.807, 2.05) is 19.0 Å². The highest BCUT2D eigenvalue weighted by molar-refractivity contribution is 5.80. The molecule has 0 aliphatic carbocycles. The van der Waals surface area contributed by atoms with Gasteiger partial charge in [-0.05, 0) is 26.2 Å². The van der Waals surface area contributed by atoms with E-state index in [1.54, 1.807) is 31.3 Å². The van der Waals surface area contributed by atoms with E-state index in [0.29, 0.717) is 23.9 Å². The summed E-state index contributed by atoms with van der Waals surface area (Å²) in [5.41, 5.74) is -0.251. The maximum atomic E-state index is 12.3. The largest absolute Gasteiger partial charge is 0.308 e. The molecule has 0 amide bonds. The van der Waals surface area contributed by atoms with Crippen LogP contribution in [0.1, 0.15) is 0 Å². The van der Waals surface area contributed by atoms with E-state index in [4.69, 9.17) is 0 Å². The predicted molar refractivity (Wildman–Crippen MR) is 72.0 cm³/mol. The van der Waals surface area contributed by atoms with Gasteiger partial charge in [0.2, 0.25) is 0 Å². The Morgan fingerprint density at radius 3 is 2.17 bits per heavy atom. The summed E-state index contributed by atoms with van der Waals surface area (Å²) in [5.74, 6) is 0. The van der Waals surface area contributed by atoms with E-state index in [-0.39, 0.29) is 11.1 Å². The Bertz CT molecular complexity index is 683. The number of rotatable bonds is 3. The Labute approximate surface area is 105 Å². The van der Waals surface area contributed by atoms with E-state index < -0.39 is 0 Å². The lowest BCUT2D eigenvalue weighted by Crippen LogP contribution is -2.39. The zero-order chi connectivity index (χ0) is 13.3. The highest BCUT2D eigenvalue weighted by Gasteiger charge is 2.09. The molecule has 2 aromatic rings. The number of nitrogens with zero attached hydrogens (tertiary/aromatic N) is 3. The maximum Gasteiger partial charge on any atom is 0.273 e. The second-order valence-electron chi connectivity index (χ2n) is 4.61. The molecule has 0 bridgehead atoms. The van der Waals surface area contributed by atoms with Gasteiger partial charge >= 0.3 is 0 Å². The molecular weight excluding hydrogens is 230 g/mol. The molecule has 5 heteroatoms. The number of aromatic nitrogens is 2. The Morgan fingerprint density at radius 1 is 1.06 bits per heavy atom. The highest BCUT2D eigenvalue weighted by atomic mass is 16.2. The summed E-state index contributed by atoms with van der Waals surface area (Å²) in [6.07, 6.45) is 0. The van der Waals surface area contributed by atoms with Crippen molar-refractivity contribution in [2.75, 3.05) is 20.6 Å². The molecule has 5 nitrogen and oxygen atoms in total. The summed E-state index contributed by atoms with van der Waals surface area (Å²) >= 11 is 0. The third-order valence-corrected chi connectivity index (χ3v) is 3.04. The molecule has 1 aromatic heterocycles. The standard InChI is InChI=1S/C13H17N3O2/c1-14(2)8-9-16-13(18)11-7-5-4-6-10(11)12(17)15(16)3/h4-7H,8-9H2,1-3H3. The molecule has 0 unspecified atom stereocenters. The fourth-order valence-corrected chi connectivity index (χ4v) is 1.96. The summed E-state index contributed by atoms with van der Waals surface area (Å²) in [6.45, 7) is 1.22. The highest BCUT2D eigenvalue weighted by Crippen LogP contribution is 2.03. The molecule has 0 spiro atoms. The number of likely N-dealkylation sites (N-methyl/N-ethyl adjacent to an activating group) is 1. The van der Waals surface area contributed by atoms with Crippen LogP contribution in [0.4, 0.5) is 0 Å². The van der Waals surface area contributed by atoms with Crippen molar-refractivity contribution in [3.63, 3.8) is 0 Å². The van der Waals surface area contributed by atoms with Gasteiger partial charge in [0.05, 0.1) is 17.3 Å². The van der Waals surface area contributed by atoms with Gasteiger partial charge in [0.25, 0.3) is 11.1 Å². The lowest BCUT2D eigenvalue weighted by Gasteiger charge is -2.15. The van der Waals surface area contributed by atoms with Crippen LogP contribution in [-0.2, 0) is 13.6 Å². The molecule has 0 atom stereocenters. The van der Waals surface area contributed by atoms with Crippen molar-refractivity contribution in [2.24, 2.45) is 7.05 Å². The SMILES string of the molecule is CN(C)CCn1c(=O)c2ccccc2c(=O)n1C.